The highest BCUT2D eigenvalue weighted by atomic mass is 15.0. The molecule has 1 unspecified atom stereocenters. The summed E-state index contributed by atoms with van der Waals surface area (Å²) in [6.07, 6.45) is 20.0. The third-order valence-electron chi connectivity index (χ3n) is 2.91. The Bertz CT molecular complexity index is 295. The van der Waals surface area contributed by atoms with Crippen molar-refractivity contribution in [1.29, 1.82) is 0 Å². The zero-order valence-electron chi connectivity index (χ0n) is 10.2. The van der Waals surface area contributed by atoms with Crippen LogP contribution in [0.1, 0.15) is 57.9 Å². The molecule has 0 aliphatic carbocycles. The van der Waals surface area contributed by atoms with Gasteiger partial charge in [-0.25, -0.2) is 4.98 Å². The standard InChI is InChI=1S/C14H22N2/c1-3-5-6-7-8-9-10-14(4-2)16-12-11-15-13-16/h2,11-14H,3,5-10H2,1H3. The molecule has 0 saturated carbocycles. The minimum absolute atomic E-state index is 0.189. The molecular formula is C14H22N2. The van der Waals surface area contributed by atoms with Crippen molar-refractivity contribution in [2.75, 3.05) is 0 Å². The minimum Gasteiger partial charge on any atom is -0.323 e. The number of terminal acetylenes is 1. The maximum Gasteiger partial charge on any atom is 0.0956 e. The minimum atomic E-state index is 0.189. The molecule has 0 saturated heterocycles. The summed E-state index contributed by atoms with van der Waals surface area (Å²) in [6.45, 7) is 2.24. The highest BCUT2D eigenvalue weighted by Gasteiger charge is 2.05. The molecule has 1 atom stereocenters. The van der Waals surface area contributed by atoms with Gasteiger partial charge in [-0.1, -0.05) is 51.4 Å². The summed E-state index contributed by atoms with van der Waals surface area (Å²) < 4.78 is 2.02. The molecule has 0 aromatic carbocycles. The Kier molecular flexibility index (Phi) is 6.41. The fourth-order valence-electron chi connectivity index (χ4n) is 1.89. The molecule has 0 fully saturated rings. The van der Waals surface area contributed by atoms with Crippen LogP contribution in [0.5, 0.6) is 0 Å². The average Bonchev–Trinajstić information content (AvgIpc) is 2.82. The maximum absolute atomic E-state index is 5.53. The highest BCUT2D eigenvalue weighted by Crippen LogP contribution is 2.15. The van der Waals surface area contributed by atoms with Gasteiger partial charge in [0, 0.05) is 12.4 Å². The molecule has 16 heavy (non-hydrogen) atoms. The molecule has 0 amide bonds. The van der Waals surface area contributed by atoms with Crippen molar-refractivity contribution in [3.05, 3.63) is 18.7 Å². The third kappa shape index (κ3) is 4.53. The summed E-state index contributed by atoms with van der Waals surface area (Å²) in [5.74, 6) is 2.83. The zero-order chi connectivity index (χ0) is 11.6. The molecule has 1 aromatic rings. The lowest BCUT2D eigenvalue weighted by molar-refractivity contribution is 0.514. The van der Waals surface area contributed by atoms with E-state index in [1.165, 1.54) is 38.5 Å². The second kappa shape index (κ2) is 7.98. The number of hydrogen-bond donors (Lipinski definition) is 0. The Morgan fingerprint density at radius 2 is 2.00 bits per heavy atom. The normalized spacial score (nSPS) is 12.2. The predicted octanol–water partition coefficient (Wildman–Crippen LogP) is 3.81. The second-order valence-corrected chi connectivity index (χ2v) is 4.25. The molecule has 1 aromatic heterocycles. The van der Waals surface area contributed by atoms with Crippen molar-refractivity contribution >= 4 is 0 Å². The molecule has 2 heteroatoms. The van der Waals surface area contributed by atoms with E-state index in [4.69, 9.17) is 6.42 Å². The van der Waals surface area contributed by atoms with Gasteiger partial charge in [0.05, 0.1) is 12.4 Å². The van der Waals surface area contributed by atoms with Gasteiger partial charge >= 0.3 is 0 Å². The molecule has 0 aliphatic rings. The topological polar surface area (TPSA) is 17.8 Å². The summed E-state index contributed by atoms with van der Waals surface area (Å²) in [6, 6.07) is 0.189. The van der Waals surface area contributed by atoms with Crippen LogP contribution in [-0.4, -0.2) is 9.55 Å². The van der Waals surface area contributed by atoms with Gasteiger partial charge < -0.3 is 4.57 Å². The van der Waals surface area contributed by atoms with E-state index >= 15 is 0 Å². The highest BCUT2D eigenvalue weighted by molar-refractivity contribution is 4.99. The Hall–Kier alpha value is -1.23. The van der Waals surface area contributed by atoms with Gasteiger partial charge in [0.25, 0.3) is 0 Å². The van der Waals surface area contributed by atoms with Gasteiger partial charge in [-0.15, -0.1) is 6.42 Å². The van der Waals surface area contributed by atoms with E-state index in [1.54, 1.807) is 6.20 Å². The van der Waals surface area contributed by atoms with E-state index in [0.717, 1.165) is 6.42 Å². The molecule has 1 heterocycles. The SMILES string of the molecule is C#CC(CCCCCCCC)n1ccnc1. The first-order valence-electron chi connectivity index (χ1n) is 6.32. The van der Waals surface area contributed by atoms with E-state index < -0.39 is 0 Å². The molecule has 0 radical (unpaired) electrons. The van der Waals surface area contributed by atoms with Gasteiger partial charge in [0.2, 0.25) is 0 Å². The van der Waals surface area contributed by atoms with Crippen LogP contribution in [-0.2, 0) is 0 Å². The summed E-state index contributed by atoms with van der Waals surface area (Å²) in [5, 5.41) is 0. The second-order valence-electron chi connectivity index (χ2n) is 4.25. The summed E-state index contributed by atoms with van der Waals surface area (Å²) in [7, 11) is 0. The van der Waals surface area contributed by atoms with Crippen LogP contribution in [0.2, 0.25) is 0 Å². The quantitative estimate of drug-likeness (QED) is 0.479. The summed E-state index contributed by atoms with van der Waals surface area (Å²) in [5.41, 5.74) is 0. The lowest BCUT2D eigenvalue weighted by Gasteiger charge is -2.11. The fourth-order valence-corrected chi connectivity index (χ4v) is 1.89. The number of imidazole rings is 1. The Morgan fingerprint density at radius 1 is 1.25 bits per heavy atom. The smallest absolute Gasteiger partial charge is 0.0956 e. The van der Waals surface area contributed by atoms with Gasteiger partial charge in [-0.05, 0) is 6.42 Å². The van der Waals surface area contributed by atoms with Crippen molar-refractivity contribution in [2.24, 2.45) is 0 Å². The predicted molar refractivity (Wildman–Crippen MR) is 68.1 cm³/mol. The molecule has 0 aliphatic heterocycles. The largest absolute Gasteiger partial charge is 0.323 e. The molecular weight excluding hydrogens is 196 g/mol. The van der Waals surface area contributed by atoms with E-state index in [9.17, 15) is 0 Å². The Morgan fingerprint density at radius 3 is 2.62 bits per heavy atom. The van der Waals surface area contributed by atoms with Crippen LogP contribution in [0.15, 0.2) is 18.7 Å². The van der Waals surface area contributed by atoms with Crippen LogP contribution in [0.3, 0.4) is 0 Å². The van der Waals surface area contributed by atoms with Gasteiger partial charge in [0.15, 0.2) is 0 Å². The zero-order valence-corrected chi connectivity index (χ0v) is 10.2. The lowest BCUT2D eigenvalue weighted by atomic mass is 10.1. The van der Waals surface area contributed by atoms with Gasteiger partial charge in [-0.2, -0.15) is 0 Å². The van der Waals surface area contributed by atoms with Crippen molar-refractivity contribution in [2.45, 2.75) is 57.9 Å². The number of nitrogens with zero attached hydrogens (tertiary/aromatic N) is 2. The number of unbranched alkanes of at least 4 members (excludes halogenated alkanes) is 5. The van der Waals surface area contributed by atoms with Crippen LogP contribution in [0, 0.1) is 12.3 Å². The number of rotatable bonds is 8. The summed E-state index contributed by atoms with van der Waals surface area (Å²) in [4.78, 5) is 4.03. The maximum atomic E-state index is 5.53. The van der Waals surface area contributed by atoms with Gasteiger partial charge in [0.1, 0.15) is 0 Å². The van der Waals surface area contributed by atoms with E-state index in [0.29, 0.717) is 0 Å². The monoisotopic (exact) mass is 218 g/mol. The Labute approximate surface area is 99.1 Å². The van der Waals surface area contributed by atoms with Crippen LogP contribution in [0.25, 0.3) is 0 Å². The number of aromatic nitrogens is 2. The van der Waals surface area contributed by atoms with Crippen molar-refractivity contribution in [1.82, 2.24) is 9.55 Å². The molecule has 2 nitrogen and oxygen atoms in total. The molecule has 1 rings (SSSR count). The van der Waals surface area contributed by atoms with E-state index in [1.807, 2.05) is 17.1 Å². The molecule has 88 valence electrons. The fraction of sp³-hybridized carbons (Fsp3) is 0.643. The Balaban J connectivity index is 2.14. The molecule has 0 spiro atoms. The van der Waals surface area contributed by atoms with Gasteiger partial charge in [-0.3, -0.25) is 0 Å². The van der Waals surface area contributed by atoms with Crippen molar-refractivity contribution < 1.29 is 0 Å². The first kappa shape index (κ1) is 12.8. The van der Waals surface area contributed by atoms with Crippen molar-refractivity contribution in [3.63, 3.8) is 0 Å². The number of hydrogen-bond acceptors (Lipinski definition) is 1. The van der Waals surface area contributed by atoms with Crippen LogP contribution < -0.4 is 0 Å². The van der Waals surface area contributed by atoms with Crippen molar-refractivity contribution in [3.8, 4) is 12.3 Å². The summed E-state index contributed by atoms with van der Waals surface area (Å²) >= 11 is 0. The average molecular weight is 218 g/mol. The molecule has 0 bridgehead atoms. The lowest BCUT2D eigenvalue weighted by Crippen LogP contribution is -2.04. The third-order valence-corrected chi connectivity index (χ3v) is 2.91. The van der Waals surface area contributed by atoms with Crippen LogP contribution in [0.4, 0.5) is 0 Å². The van der Waals surface area contributed by atoms with Crippen LogP contribution >= 0.6 is 0 Å². The molecule has 0 N–H and O–H groups in total. The van der Waals surface area contributed by atoms with E-state index in [2.05, 4.69) is 17.8 Å². The first-order valence-corrected chi connectivity index (χ1v) is 6.32. The van der Waals surface area contributed by atoms with E-state index in [-0.39, 0.29) is 6.04 Å². The first-order chi connectivity index (χ1) is 7.88.